The van der Waals surface area contributed by atoms with Crippen LogP contribution in [0, 0.1) is 11.8 Å². The van der Waals surface area contributed by atoms with Crippen LogP contribution in [0.25, 0.3) is 0 Å². The molecule has 0 spiro atoms. The molecule has 0 bridgehead atoms. The summed E-state index contributed by atoms with van der Waals surface area (Å²) >= 11 is 0. The maximum atomic E-state index is 5.70. The normalized spacial score (nSPS) is 43.0. The van der Waals surface area contributed by atoms with Gasteiger partial charge in [0.05, 0.1) is 12.2 Å². The van der Waals surface area contributed by atoms with Crippen molar-refractivity contribution < 1.29 is 9.47 Å². The predicted octanol–water partition coefficient (Wildman–Crippen LogP) is 1.59. The Morgan fingerprint density at radius 3 is 2.00 bits per heavy atom. The van der Waals surface area contributed by atoms with Crippen molar-refractivity contribution in [1.29, 1.82) is 0 Å². The lowest BCUT2D eigenvalue weighted by molar-refractivity contribution is 0.0299. The molecule has 2 heterocycles. The highest BCUT2D eigenvalue weighted by Crippen LogP contribution is 2.55. The molecule has 1 saturated carbocycles. The molecule has 2 saturated heterocycles. The molecule has 0 amide bonds. The Morgan fingerprint density at radius 1 is 0.917 bits per heavy atom. The molecule has 2 heteroatoms. The van der Waals surface area contributed by atoms with Crippen LogP contribution < -0.4 is 0 Å². The third kappa shape index (κ3) is 1.01. The Morgan fingerprint density at radius 2 is 1.50 bits per heavy atom. The molecule has 0 N–H and O–H groups in total. The van der Waals surface area contributed by atoms with Crippen molar-refractivity contribution in [3.05, 3.63) is 0 Å². The molecule has 12 heavy (non-hydrogen) atoms. The van der Waals surface area contributed by atoms with E-state index in [-0.39, 0.29) is 0 Å². The summed E-state index contributed by atoms with van der Waals surface area (Å²) in [6.45, 7) is 2.97. The van der Waals surface area contributed by atoms with E-state index in [1.807, 2.05) is 0 Å². The van der Waals surface area contributed by atoms with Crippen molar-refractivity contribution >= 4 is 0 Å². The van der Waals surface area contributed by atoms with Crippen molar-refractivity contribution in [2.24, 2.45) is 11.8 Å². The van der Waals surface area contributed by atoms with Gasteiger partial charge < -0.3 is 9.47 Å². The van der Waals surface area contributed by atoms with Crippen molar-refractivity contribution in [3.63, 3.8) is 0 Å². The average Bonchev–Trinajstić information content (AvgIpc) is 2.99. The predicted molar refractivity (Wildman–Crippen MR) is 45.0 cm³/mol. The van der Waals surface area contributed by atoms with Gasteiger partial charge in [0.2, 0.25) is 0 Å². The fraction of sp³-hybridized carbons (Fsp3) is 1.00. The van der Waals surface area contributed by atoms with Gasteiger partial charge in [-0.25, -0.2) is 0 Å². The van der Waals surface area contributed by atoms with Gasteiger partial charge in [-0.2, -0.15) is 0 Å². The van der Waals surface area contributed by atoms with Crippen LogP contribution in [0.1, 0.15) is 25.7 Å². The van der Waals surface area contributed by atoms with Gasteiger partial charge in [-0.05, 0) is 37.5 Å². The maximum absolute atomic E-state index is 5.70. The summed E-state index contributed by atoms with van der Waals surface area (Å²) in [7, 11) is 0. The number of rotatable bonds is 2. The minimum Gasteiger partial charge on any atom is -0.381 e. The Labute approximate surface area is 73.2 Å². The van der Waals surface area contributed by atoms with Gasteiger partial charge in [0, 0.05) is 13.2 Å². The highest BCUT2D eigenvalue weighted by molar-refractivity contribution is 5.08. The Balaban J connectivity index is 1.69. The Kier molecular flexibility index (Phi) is 1.50. The zero-order valence-corrected chi connectivity index (χ0v) is 7.42. The SMILES string of the molecule is C1CC(C2(C3CC3)CO2)CCO1. The smallest absolute Gasteiger partial charge is 0.0974 e. The van der Waals surface area contributed by atoms with Crippen molar-refractivity contribution in [3.8, 4) is 0 Å². The molecule has 1 atom stereocenters. The molecule has 0 aromatic heterocycles. The standard InChI is InChI=1S/C10H16O2/c1-2-8(1)10(7-12-10)9-3-5-11-6-4-9/h8-9H,1-7H2. The molecule has 68 valence electrons. The first kappa shape index (κ1) is 7.34. The zero-order chi connectivity index (χ0) is 8.02. The lowest BCUT2D eigenvalue weighted by Gasteiger charge is -2.27. The molecule has 3 rings (SSSR count). The highest BCUT2D eigenvalue weighted by Gasteiger charge is 2.60. The van der Waals surface area contributed by atoms with Crippen LogP contribution in [0.15, 0.2) is 0 Å². The lowest BCUT2D eigenvalue weighted by atomic mass is 9.83. The number of hydrogen-bond donors (Lipinski definition) is 0. The summed E-state index contributed by atoms with van der Waals surface area (Å²) in [6.07, 6.45) is 5.29. The molecule has 0 aromatic rings. The van der Waals surface area contributed by atoms with Gasteiger partial charge in [-0.1, -0.05) is 0 Å². The summed E-state index contributed by atoms with van der Waals surface area (Å²) in [6, 6.07) is 0. The molecule has 2 aliphatic heterocycles. The lowest BCUT2D eigenvalue weighted by Crippen LogP contribution is -2.32. The first-order chi connectivity index (χ1) is 5.92. The largest absolute Gasteiger partial charge is 0.381 e. The minimum atomic E-state index is 0.351. The summed E-state index contributed by atoms with van der Waals surface area (Å²) in [5.74, 6) is 1.74. The fourth-order valence-electron chi connectivity index (χ4n) is 2.65. The molecular weight excluding hydrogens is 152 g/mol. The number of ether oxygens (including phenoxy) is 2. The Bertz CT molecular complexity index is 176. The van der Waals surface area contributed by atoms with Crippen molar-refractivity contribution in [2.45, 2.75) is 31.3 Å². The van der Waals surface area contributed by atoms with Gasteiger partial charge in [0.25, 0.3) is 0 Å². The second-order valence-electron chi connectivity index (χ2n) is 4.40. The summed E-state index contributed by atoms with van der Waals surface area (Å²) in [4.78, 5) is 0. The van der Waals surface area contributed by atoms with Gasteiger partial charge >= 0.3 is 0 Å². The van der Waals surface area contributed by atoms with Gasteiger partial charge in [-0.3, -0.25) is 0 Å². The molecule has 0 radical (unpaired) electrons. The summed E-state index contributed by atoms with van der Waals surface area (Å²) in [5.41, 5.74) is 0.351. The topological polar surface area (TPSA) is 21.8 Å². The molecular formula is C10H16O2. The molecule has 0 aromatic carbocycles. The Hall–Kier alpha value is -0.0800. The van der Waals surface area contributed by atoms with Crippen LogP contribution in [-0.4, -0.2) is 25.4 Å². The molecule has 1 unspecified atom stereocenters. The third-order valence-corrected chi connectivity index (χ3v) is 3.66. The van der Waals surface area contributed by atoms with E-state index in [1.165, 1.54) is 25.7 Å². The maximum Gasteiger partial charge on any atom is 0.0974 e. The summed E-state index contributed by atoms with van der Waals surface area (Å²) in [5, 5.41) is 0. The van der Waals surface area contributed by atoms with Crippen LogP contribution >= 0.6 is 0 Å². The average molecular weight is 168 g/mol. The van der Waals surface area contributed by atoms with E-state index < -0.39 is 0 Å². The highest BCUT2D eigenvalue weighted by atomic mass is 16.6. The van der Waals surface area contributed by atoms with E-state index >= 15 is 0 Å². The first-order valence-electron chi connectivity index (χ1n) is 5.13. The number of hydrogen-bond acceptors (Lipinski definition) is 2. The van der Waals surface area contributed by atoms with Gasteiger partial charge in [0.1, 0.15) is 0 Å². The van der Waals surface area contributed by atoms with Gasteiger partial charge in [-0.15, -0.1) is 0 Å². The van der Waals surface area contributed by atoms with Crippen LogP contribution in [0.4, 0.5) is 0 Å². The number of epoxide rings is 1. The summed E-state index contributed by atoms with van der Waals surface area (Å²) < 4.78 is 11.1. The van der Waals surface area contributed by atoms with Crippen molar-refractivity contribution in [2.75, 3.05) is 19.8 Å². The van der Waals surface area contributed by atoms with Crippen molar-refractivity contribution in [1.82, 2.24) is 0 Å². The van der Waals surface area contributed by atoms with Crippen LogP contribution in [0.3, 0.4) is 0 Å². The van der Waals surface area contributed by atoms with E-state index in [0.29, 0.717) is 5.60 Å². The monoisotopic (exact) mass is 168 g/mol. The van der Waals surface area contributed by atoms with Crippen LogP contribution in [0.2, 0.25) is 0 Å². The van der Waals surface area contributed by atoms with Gasteiger partial charge in [0.15, 0.2) is 0 Å². The second-order valence-corrected chi connectivity index (χ2v) is 4.40. The zero-order valence-electron chi connectivity index (χ0n) is 7.42. The van der Waals surface area contributed by atoms with E-state index in [4.69, 9.17) is 9.47 Å². The quantitative estimate of drug-likeness (QED) is 0.584. The molecule has 2 nitrogen and oxygen atoms in total. The van der Waals surface area contributed by atoms with E-state index in [1.54, 1.807) is 0 Å². The molecule has 3 aliphatic rings. The van der Waals surface area contributed by atoms with Crippen LogP contribution in [-0.2, 0) is 9.47 Å². The minimum absolute atomic E-state index is 0.351. The second kappa shape index (κ2) is 2.46. The first-order valence-corrected chi connectivity index (χ1v) is 5.13. The molecule has 1 aliphatic carbocycles. The van der Waals surface area contributed by atoms with E-state index in [0.717, 1.165) is 31.7 Å². The molecule has 3 fully saturated rings. The third-order valence-electron chi connectivity index (χ3n) is 3.66. The van der Waals surface area contributed by atoms with Crippen LogP contribution in [0.5, 0.6) is 0 Å². The fourth-order valence-corrected chi connectivity index (χ4v) is 2.65. The van der Waals surface area contributed by atoms with E-state index in [2.05, 4.69) is 0 Å². The van der Waals surface area contributed by atoms with E-state index in [9.17, 15) is 0 Å².